The van der Waals surface area contributed by atoms with Gasteiger partial charge in [-0.1, -0.05) is 119 Å². The molecule has 5 amide bonds. The maximum atomic E-state index is 14.5. The number of alkyl carbamates (subject to hydrolysis) is 1. The van der Waals surface area contributed by atoms with Crippen molar-refractivity contribution >= 4 is 57.2 Å². The molecule has 0 saturated heterocycles. The predicted octanol–water partition coefficient (Wildman–Crippen LogP) is 8.50. The Morgan fingerprint density at radius 2 is 1.12 bits per heavy atom. The van der Waals surface area contributed by atoms with E-state index in [1.165, 1.54) is 0 Å². The molecule has 0 aromatic heterocycles. The Morgan fingerprint density at radius 1 is 0.568 bits per heavy atom. The zero-order valence-corrected chi connectivity index (χ0v) is 44.5. The molecule has 0 aliphatic rings. The summed E-state index contributed by atoms with van der Waals surface area (Å²) in [5.41, 5.74) is 1.82. The van der Waals surface area contributed by atoms with Gasteiger partial charge in [-0.2, -0.15) is 0 Å². The quantitative estimate of drug-likeness (QED) is 0.0142. The second-order valence-corrected chi connectivity index (χ2v) is 20.3. The van der Waals surface area contributed by atoms with Crippen molar-refractivity contribution in [2.24, 2.45) is 11.8 Å². The average Bonchev–Trinajstić information content (AvgIpc) is 3.36. The molecule has 5 aromatic carbocycles. The van der Waals surface area contributed by atoms with Crippen LogP contribution in [0.4, 0.5) is 4.79 Å². The van der Waals surface area contributed by atoms with Crippen LogP contribution < -0.4 is 46.7 Å². The minimum Gasteiger partial charge on any atom is -0.493 e. The Balaban J connectivity index is 1.40. The summed E-state index contributed by atoms with van der Waals surface area (Å²) in [6.45, 7) is 14.4. The maximum Gasteiger partial charge on any atom is 0.407 e. The summed E-state index contributed by atoms with van der Waals surface area (Å²) in [6, 6.07) is 30.1. The normalized spacial score (nSPS) is 12.6. The number of nitrogens with one attached hydrogen (secondary N) is 8. The number of fused-ring (bicyclic) bond motifs is 2. The number of hydrogen-bond donors (Lipinski definition) is 8. The standard InChI is InChI=1S/C58H78N8O8/c1-38(2)31-34-72-48-29-27-41-21-12-14-23-43(41)51(48)52-44-24-15-13-22-42(44)28-30-49(52)73-37-50(67)64-45(25-16-17-32-62-57(71)74-58(5,6)7)54(69)65-46(26-18-33-61-56(59)60-8)55(70)66-47(35-39(3)4)53(68)63-36-40-19-10-9-11-20-40/h9-15,19-24,27-30,38-39,45-47H,16-18,25-26,31-37H2,1-8H3,(H,62,71)(H,63,68)(H,64,67)(H,65,69)(H,66,70)(H3,59,60,61)/t45-,46-,47+/m1/s1. The summed E-state index contributed by atoms with van der Waals surface area (Å²) < 4.78 is 18.4. The molecule has 0 heterocycles. The lowest BCUT2D eigenvalue weighted by molar-refractivity contribution is -0.134. The fourth-order valence-electron chi connectivity index (χ4n) is 8.32. The highest BCUT2D eigenvalue weighted by molar-refractivity contribution is 6.10. The smallest absolute Gasteiger partial charge is 0.407 e. The Labute approximate surface area is 436 Å². The number of benzene rings is 5. The van der Waals surface area contributed by atoms with E-state index < -0.39 is 54.1 Å². The minimum atomic E-state index is -1.13. The lowest BCUT2D eigenvalue weighted by Crippen LogP contribution is -2.57. The molecule has 3 atom stereocenters. The van der Waals surface area contributed by atoms with E-state index in [9.17, 15) is 24.0 Å². The molecule has 0 spiro atoms. The maximum absolute atomic E-state index is 14.5. The van der Waals surface area contributed by atoms with Crippen molar-refractivity contribution in [1.29, 1.82) is 5.41 Å². The summed E-state index contributed by atoms with van der Waals surface area (Å²) in [4.78, 5) is 69.0. The van der Waals surface area contributed by atoms with Gasteiger partial charge < -0.3 is 51.4 Å². The minimum absolute atomic E-state index is 0.0435. The molecule has 8 N–H and O–H groups in total. The fourth-order valence-corrected chi connectivity index (χ4v) is 8.32. The highest BCUT2D eigenvalue weighted by atomic mass is 16.6. The number of rotatable bonds is 27. The average molecular weight is 1020 g/mol. The van der Waals surface area contributed by atoms with E-state index >= 15 is 0 Å². The molecule has 0 radical (unpaired) electrons. The first-order chi connectivity index (χ1) is 35.4. The summed E-state index contributed by atoms with van der Waals surface area (Å²) in [5.74, 6) is -0.422. The number of amides is 5. The molecule has 16 heteroatoms. The SMILES string of the molecule is CNC(=N)NCCC[C@@H](NC(=O)[C@@H](CCCCNC(=O)OC(C)(C)C)NC(=O)COc1ccc2ccccc2c1-c1c(OCCC(C)C)ccc2ccccc12)C(=O)N[C@@H](CC(C)C)C(=O)NCc1ccccc1. The van der Waals surface area contributed by atoms with Crippen LogP contribution in [0.3, 0.4) is 0 Å². The Kier molecular flexibility index (Phi) is 22.4. The van der Waals surface area contributed by atoms with Crippen LogP contribution in [0, 0.1) is 17.2 Å². The third-order valence-corrected chi connectivity index (χ3v) is 12.1. The highest BCUT2D eigenvalue weighted by Gasteiger charge is 2.30. The van der Waals surface area contributed by atoms with Crippen LogP contribution in [0.5, 0.6) is 11.5 Å². The van der Waals surface area contributed by atoms with Crippen LogP contribution in [-0.2, 0) is 30.5 Å². The lowest BCUT2D eigenvalue weighted by atomic mass is 9.92. The molecule has 16 nitrogen and oxygen atoms in total. The summed E-state index contributed by atoms with van der Waals surface area (Å²) in [5, 5.41) is 31.8. The molecule has 0 fully saturated rings. The van der Waals surface area contributed by atoms with Crippen molar-refractivity contribution in [3.63, 3.8) is 0 Å². The number of carbonyl (C=O) groups excluding carboxylic acids is 5. The van der Waals surface area contributed by atoms with Crippen LogP contribution in [-0.4, -0.2) is 92.8 Å². The molecular weight excluding hydrogens is 937 g/mol. The Hall–Kier alpha value is -7.36. The number of unbranched alkanes of at least 4 members (excludes halogenated alkanes) is 1. The van der Waals surface area contributed by atoms with Crippen molar-refractivity contribution in [2.75, 3.05) is 33.4 Å². The van der Waals surface area contributed by atoms with Crippen molar-refractivity contribution in [3.05, 3.63) is 109 Å². The zero-order chi connectivity index (χ0) is 53.6. The molecular formula is C58H78N8O8. The molecule has 74 heavy (non-hydrogen) atoms. The van der Waals surface area contributed by atoms with E-state index in [2.05, 4.69) is 51.1 Å². The van der Waals surface area contributed by atoms with E-state index in [0.29, 0.717) is 56.3 Å². The van der Waals surface area contributed by atoms with Crippen molar-refractivity contribution in [3.8, 4) is 22.6 Å². The van der Waals surface area contributed by atoms with Crippen molar-refractivity contribution < 1.29 is 38.2 Å². The van der Waals surface area contributed by atoms with Crippen LogP contribution >= 0.6 is 0 Å². The van der Waals surface area contributed by atoms with Gasteiger partial charge in [-0.25, -0.2) is 4.79 Å². The highest BCUT2D eigenvalue weighted by Crippen LogP contribution is 2.45. The van der Waals surface area contributed by atoms with Gasteiger partial charge in [0.2, 0.25) is 17.7 Å². The van der Waals surface area contributed by atoms with E-state index in [4.69, 9.17) is 19.6 Å². The monoisotopic (exact) mass is 1010 g/mol. The topological polar surface area (TPSA) is 221 Å². The van der Waals surface area contributed by atoms with Crippen LogP contribution in [0.25, 0.3) is 32.7 Å². The lowest BCUT2D eigenvalue weighted by Gasteiger charge is -2.26. The number of hydrogen-bond acceptors (Lipinski definition) is 9. The molecule has 5 aromatic rings. The van der Waals surface area contributed by atoms with Gasteiger partial charge in [-0.3, -0.25) is 24.6 Å². The number of ether oxygens (including phenoxy) is 3. The predicted molar refractivity (Wildman–Crippen MR) is 293 cm³/mol. The molecule has 0 saturated carbocycles. The second-order valence-electron chi connectivity index (χ2n) is 20.3. The molecule has 398 valence electrons. The second kappa shape index (κ2) is 28.8. The first kappa shape index (κ1) is 57.5. The summed E-state index contributed by atoms with van der Waals surface area (Å²) >= 11 is 0. The first-order valence-corrected chi connectivity index (χ1v) is 25.9. The van der Waals surface area contributed by atoms with Crippen molar-refractivity contribution in [1.82, 2.24) is 37.2 Å². The van der Waals surface area contributed by atoms with Crippen LogP contribution in [0.1, 0.15) is 99.0 Å². The largest absolute Gasteiger partial charge is 0.493 e. The van der Waals surface area contributed by atoms with Gasteiger partial charge in [0.05, 0.1) is 6.61 Å². The van der Waals surface area contributed by atoms with E-state index in [1.807, 2.05) is 117 Å². The van der Waals surface area contributed by atoms with Gasteiger partial charge in [0, 0.05) is 37.8 Å². The first-order valence-electron chi connectivity index (χ1n) is 25.9. The molecule has 0 bridgehead atoms. The van der Waals surface area contributed by atoms with Gasteiger partial charge in [-0.15, -0.1) is 0 Å². The van der Waals surface area contributed by atoms with Gasteiger partial charge in [-0.05, 0) is 117 Å². The van der Waals surface area contributed by atoms with Gasteiger partial charge in [0.25, 0.3) is 5.91 Å². The molecule has 5 rings (SSSR count). The molecule has 0 aliphatic carbocycles. The van der Waals surface area contributed by atoms with Gasteiger partial charge in [0.1, 0.15) is 35.2 Å². The number of guanidine groups is 1. The van der Waals surface area contributed by atoms with E-state index in [1.54, 1.807) is 27.8 Å². The third kappa shape index (κ3) is 18.6. The third-order valence-electron chi connectivity index (χ3n) is 12.1. The van der Waals surface area contributed by atoms with Crippen LogP contribution in [0.2, 0.25) is 0 Å². The fraction of sp³-hybridized carbons (Fsp3) is 0.448. The Morgan fingerprint density at radius 3 is 1.72 bits per heavy atom. The summed E-state index contributed by atoms with van der Waals surface area (Å²) in [7, 11) is 1.61. The molecule has 0 aliphatic heterocycles. The van der Waals surface area contributed by atoms with Crippen molar-refractivity contribution in [2.45, 2.75) is 124 Å². The van der Waals surface area contributed by atoms with E-state index in [-0.39, 0.29) is 43.7 Å². The zero-order valence-electron chi connectivity index (χ0n) is 44.5. The molecule has 0 unspecified atom stereocenters. The van der Waals surface area contributed by atoms with E-state index in [0.717, 1.165) is 44.7 Å². The van der Waals surface area contributed by atoms with Gasteiger partial charge >= 0.3 is 6.09 Å². The Bertz CT molecular complexity index is 2650. The van der Waals surface area contributed by atoms with Gasteiger partial charge in [0.15, 0.2) is 12.6 Å². The summed E-state index contributed by atoms with van der Waals surface area (Å²) in [6.07, 6.45) is 2.14. The number of carbonyl (C=O) groups is 5. The van der Waals surface area contributed by atoms with Crippen LogP contribution in [0.15, 0.2) is 103 Å².